The van der Waals surface area contributed by atoms with Crippen molar-refractivity contribution in [3.8, 4) is 0 Å². The molecule has 0 nitrogen and oxygen atoms in total. The standard InChI is InChI=1S/C10H17/c1-4-10(7-8-10)6-5-9(2)3/h4-5H,6-8H2,1-3H3. The lowest BCUT2D eigenvalue weighted by atomic mass is 9.98. The Labute approximate surface area is 64.3 Å². The predicted molar refractivity (Wildman–Crippen MR) is 45.7 cm³/mol. The summed E-state index contributed by atoms with van der Waals surface area (Å²) in [4.78, 5) is 0. The molecule has 0 atom stereocenters. The number of allylic oxidation sites excluding steroid dienone is 2. The molecule has 0 N–H and O–H groups in total. The van der Waals surface area contributed by atoms with Crippen molar-refractivity contribution in [2.75, 3.05) is 0 Å². The van der Waals surface area contributed by atoms with Crippen molar-refractivity contribution in [3.05, 3.63) is 18.1 Å². The summed E-state index contributed by atoms with van der Waals surface area (Å²) in [5.41, 5.74) is 2.07. The van der Waals surface area contributed by atoms with E-state index in [1.165, 1.54) is 24.8 Å². The van der Waals surface area contributed by atoms with Crippen LogP contribution in [-0.4, -0.2) is 0 Å². The van der Waals surface area contributed by atoms with Gasteiger partial charge < -0.3 is 0 Å². The molecule has 1 aliphatic rings. The molecule has 1 aliphatic carbocycles. The lowest BCUT2D eigenvalue weighted by Gasteiger charge is -2.07. The van der Waals surface area contributed by atoms with Crippen LogP contribution in [0.5, 0.6) is 0 Å². The van der Waals surface area contributed by atoms with Gasteiger partial charge in [0.15, 0.2) is 0 Å². The lowest BCUT2D eigenvalue weighted by Crippen LogP contribution is -1.95. The van der Waals surface area contributed by atoms with Crippen LogP contribution in [0.15, 0.2) is 11.6 Å². The SMILES string of the molecule is C[CH]C1(CC=C(C)C)CC1. The van der Waals surface area contributed by atoms with Crippen LogP contribution in [0.3, 0.4) is 0 Å². The summed E-state index contributed by atoms with van der Waals surface area (Å²) >= 11 is 0. The Kier molecular flexibility index (Phi) is 2.18. The third-order valence-electron chi connectivity index (χ3n) is 2.42. The normalized spacial score (nSPS) is 20.3. The van der Waals surface area contributed by atoms with Crippen LogP contribution < -0.4 is 0 Å². The third kappa shape index (κ3) is 1.86. The van der Waals surface area contributed by atoms with E-state index >= 15 is 0 Å². The highest BCUT2D eigenvalue weighted by Gasteiger charge is 2.39. The van der Waals surface area contributed by atoms with Crippen molar-refractivity contribution in [2.24, 2.45) is 5.41 Å². The molecule has 0 spiro atoms. The van der Waals surface area contributed by atoms with Gasteiger partial charge in [-0.2, -0.15) is 0 Å². The second kappa shape index (κ2) is 2.77. The van der Waals surface area contributed by atoms with Gasteiger partial charge in [0.05, 0.1) is 0 Å². The largest absolute Gasteiger partial charge is 0.0853 e. The Hall–Kier alpha value is -0.260. The maximum atomic E-state index is 2.37. The minimum absolute atomic E-state index is 0.622. The Bertz CT molecular complexity index is 134. The Balaban J connectivity index is 2.32. The van der Waals surface area contributed by atoms with Gasteiger partial charge in [-0.3, -0.25) is 0 Å². The van der Waals surface area contributed by atoms with E-state index < -0.39 is 0 Å². The fraction of sp³-hybridized carbons (Fsp3) is 0.700. The summed E-state index contributed by atoms with van der Waals surface area (Å²) in [5, 5.41) is 0. The first-order valence-corrected chi connectivity index (χ1v) is 4.12. The van der Waals surface area contributed by atoms with Crippen molar-refractivity contribution in [1.82, 2.24) is 0 Å². The van der Waals surface area contributed by atoms with Gasteiger partial charge in [-0.15, -0.1) is 0 Å². The highest BCUT2D eigenvalue weighted by Crippen LogP contribution is 2.51. The fourth-order valence-electron chi connectivity index (χ4n) is 1.18. The number of hydrogen-bond donors (Lipinski definition) is 0. The zero-order valence-electron chi connectivity index (χ0n) is 7.28. The highest BCUT2D eigenvalue weighted by molar-refractivity contribution is 5.08. The molecule has 0 aromatic rings. The van der Waals surface area contributed by atoms with Gasteiger partial charge in [-0.25, -0.2) is 0 Å². The molecule has 0 heteroatoms. The average molecular weight is 137 g/mol. The molecule has 0 aromatic heterocycles. The Morgan fingerprint density at radius 3 is 2.30 bits per heavy atom. The highest BCUT2D eigenvalue weighted by atomic mass is 14.4. The molecular weight excluding hydrogens is 120 g/mol. The van der Waals surface area contributed by atoms with Crippen molar-refractivity contribution < 1.29 is 0 Å². The molecule has 0 saturated heterocycles. The second-order valence-corrected chi connectivity index (χ2v) is 3.64. The number of rotatable bonds is 3. The van der Waals surface area contributed by atoms with E-state index in [0.29, 0.717) is 5.41 Å². The first kappa shape index (κ1) is 7.84. The van der Waals surface area contributed by atoms with E-state index in [-0.39, 0.29) is 0 Å². The monoisotopic (exact) mass is 137 g/mol. The van der Waals surface area contributed by atoms with Crippen LogP contribution in [0.1, 0.15) is 40.0 Å². The molecule has 0 aliphatic heterocycles. The van der Waals surface area contributed by atoms with Gasteiger partial charge >= 0.3 is 0 Å². The first-order chi connectivity index (χ1) is 4.68. The lowest BCUT2D eigenvalue weighted by molar-refractivity contribution is 0.609. The fourth-order valence-corrected chi connectivity index (χ4v) is 1.18. The minimum Gasteiger partial charge on any atom is -0.0853 e. The first-order valence-electron chi connectivity index (χ1n) is 4.12. The summed E-state index contributed by atoms with van der Waals surface area (Å²) in [6.45, 7) is 6.53. The van der Waals surface area contributed by atoms with E-state index in [1.807, 2.05) is 0 Å². The molecule has 1 saturated carbocycles. The van der Waals surface area contributed by atoms with Crippen molar-refractivity contribution >= 4 is 0 Å². The van der Waals surface area contributed by atoms with Gasteiger partial charge in [0, 0.05) is 0 Å². The van der Waals surface area contributed by atoms with Crippen LogP contribution in [0, 0.1) is 11.8 Å². The molecule has 0 bridgehead atoms. The van der Waals surface area contributed by atoms with Gasteiger partial charge in [0.25, 0.3) is 0 Å². The molecule has 1 radical (unpaired) electrons. The zero-order valence-corrected chi connectivity index (χ0v) is 7.28. The van der Waals surface area contributed by atoms with E-state index in [2.05, 4.69) is 33.3 Å². The average Bonchev–Trinajstić information content (AvgIpc) is 2.64. The maximum absolute atomic E-state index is 2.37. The summed E-state index contributed by atoms with van der Waals surface area (Å²) < 4.78 is 0. The molecule has 57 valence electrons. The van der Waals surface area contributed by atoms with Crippen LogP contribution in [0.25, 0.3) is 0 Å². The van der Waals surface area contributed by atoms with E-state index in [1.54, 1.807) is 0 Å². The van der Waals surface area contributed by atoms with E-state index in [4.69, 9.17) is 0 Å². The second-order valence-electron chi connectivity index (χ2n) is 3.64. The van der Waals surface area contributed by atoms with Crippen LogP contribution in [0.2, 0.25) is 0 Å². The summed E-state index contributed by atoms with van der Waals surface area (Å²) in [7, 11) is 0. The van der Waals surface area contributed by atoms with Crippen LogP contribution in [0.4, 0.5) is 0 Å². The quantitative estimate of drug-likeness (QED) is 0.523. The van der Waals surface area contributed by atoms with Crippen molar-refractivity contribution in [2.45, 2.75) is 40.0 Å². The van der Waals surface area contributed by atoms with E-state index in [0.717, 1.165) is 0 Å². The molecular formula is C10H17. The van der Waals surface area contributed by atoms with Crippen molar-refractivity contribution in [3.63, 3.8) is 0 Å². The Morgan fingerprint density at radius 2 is 2.00 bits per heavy atom. The third-order valence-corrected chi connectivity index (χ3v) is 2.42. The maximum Gasteiger partial charge on any atom is -0.0234 e. The molecule has 10 heavy (non-hydrogen) atoms. The zero-order chi connectivity index (χ0) is 7.61. The number of hydrogen-bond acceptors (Lipinski definition) is 0. The molecule has 0 aromatic carbocycles. The summed E-state index contributed by atoms with van der Waals surface area (Å²) in [5.74, 6) is 0. The minimum atomic E-state index is 0.622. The van der Waals surface area contributed by atoms with Gasteiger partial charge in [0.2, 0.25) is 0 Å². The molecule has 0 amide bonds. The Morgan fingerprint density at radius 1 is 1.40 bits per heavy atom. The predicted octanol–water partition coefficient (Wildman–Crippen LogP) is 3.35. The molecule has 0 unspecified atom stereocenters. The summed E-state index contributed by atoms with van der Waals surface area (Å²) in [6.07, 6.45) is 8.81. The summed E-state index contributed by atoms with van der Waals surface area (Å²) in [6, 6.07) is 0. The van der Waals surface area contributed by atoms with E-state index in [9.17, 15) is 0 Å². The van der Waals surface area contributed by atoms with Gasteiger partial charge in [-0.1, -0.05) is 18.6 Å². The molecule has 1 rings (SSSR count). The molecule has 1 fully saturated rings. The van der Waals surface area contributed by atoms with Crippen LogP contribution >= 0.6 is 0 Å². The topological polar surface area (TPSA) is 0 Å². The van der Waals surface area contributed by atoms with Crippen LogP contribution in [-0.2, 0) is 0 Å². The van der Waals surface area contributed by atoms with Gasteiger partial charge in [0.1, 0.15) is 0 Å². The molecule has 0 heterocycles. The van der Waals surface area contributed by atoms with Crippen molar-refractivity contribution in [1.29, 1.82) is 0 Å². The smallest absolute Gasteiger partial charge is 0.0234 e. The van der Waals surface area contributed by atoms with Gasteiger partial charge in [-0.05, 0) is 44.9 Å².